The van der Waals surface area contributed by atoms with Crippen LogP contribution >= 0.6 is 0 Å². The van der Waals surface area contributed by atoms with Crippen LogP contribution in [0.3, 0.4) is 0 Å². The van der Waals surface area contributed by atoms with Crippen LogP contribution in [0, 0.1) is 0 Å². The first-order valence-corrected chi connectivity index (χ1v) is 11.8. The van der Waals surface area contributed by atoms with Gasteiger partial charge in [0.2, 0.25) is 5.91 Å². The van der Waals surface area contributed by atoms with Gasteiger partial charge >= 0.3 is 6.03 Å². The van der Waals surface area contributed by atoms with Crippen molar-refractivity contribution >= 4 is 29.4 Å². The van der Waals surface area contributed by atoms with Crippen molar-refractivity contribution in [2.75, 3.05) is 11.9 Å². The van der Waals surface area contributed by atoms with E-state index in [1.54, 1.807) is 24.3 Å². The largest absolute Gasteiger partial charge is 0.345 e. The maximum atomic E-state index is 13.1. The van der Waals surface area contributed by atoms with Gasteiger partial charge in [0, 0.05) is 0 Å². The summed E-state index contributed by atoms with van der Waals surface area (Å²) >= 11 is 0. The molecule has 5 amide bonds. The van der Waals surface area contributed by atoms with E-state index < -0.39 is 24.0 Å². The lowest BCUT2D eigenvalue weighted by Gasteiger charge is -2.24. The molecule has 1 aliphatic carbocycles. The van der Waals surface area contributed by atoms with Crippen molar-refractivity contribution in [1.29, 1.82) is 0 Å². The van der Waals surface area contributed by atoms with E-state index in [1.165, 1.54) is 0 Å². The normalized spacial score (nSPS) is 18.2. The first kappa shape index (κ1) is 23.5. The van der Waals surface area contributed by atoms with Crippen LogP contribution in [0.1, 0.15) is 67.4 Å². The van der Waals surface area contributed by atoms with Crippen molar-refractivity contribution in [3.8, 4) is 0 Å². The predicted octanol–water partition coefficient (Wildman–Crippen LogP) is 3.76. The molecule has 1 atom stereocenters. The third-order valence-corrected chi connectivity index (χ3v) is 6.60. The first-order valence-electron chi connectivity index (χ1n) is 11.8. The second kappa shape index (κ2) is 10.1. The zero-order chi connectivity index (χ0) is 24.1. The van der Waals surface area contributed by atoms with Crippen molar-refractivity contribution in [1.82, 2.24) is 15.5 Å². The Hall–Kier alpha value is -3.68. The van der Waals surface area contributed by atoms with Crippen LogP contribution in [0.5, 0.6) is 0 Å². The van der Waals surface area contributed by atoms with Crippen LogP contribution in [0.25, 0.3) is 0 Å². The molecule has 1 saturated heterocycles. The molecule has 3 N–H and O–H groups in total. The van der Waals surface area contributed by atoms with Gasteiger partial charge in [-0.1, -0.05) is 68.1 Å². The number of urea groups is 1. The number of carbonyl (C=O) groups is 4. The molecule has 2 aliphatic rings. The summed E-state index contributed by atoms with van der Waals surface area (Å²) in [6.45, 7) is 1.48. The monoisotopic (exact) mass is 462 g/mol. The number of hydrogen-bond donors (Lipinski definition) is 3. The lowest BCUT2D eigenvalue weighted by Crippen LogP contribution is -2.47. The quantitative estimate of drug-likeness (QED) is 0.568. The summed E-state index contributed by atoms with van der Waals surface area (Å²) in [5.41, 5.74) is 0.695. The number of benzene rings is 2. The van der Waals surface area contributed by atoms with E-state index >= 15 is 0 Å². The number of para-hydroxylation sites is 1. The van der Waals surface area contributed by atoms with Crippen molar-refractivity contribution < 1.29 is 19.2 Å². The molecular weight excluding hydrogens is 432 g/mol. The zero-order valence-electron chi connectivity index (χ0n) is 19.3. The standard InChI is InChI=1S/C26H30N4O4/c1-18(19-11-5-4-6-12-19)27-23(32)20-13-7-8-14-21(20)28-22(31)17-30-24(33)26(29-25(30)34)15-9-2-3-10-16-26/h4-8,11-14,18H,2-3,9-10,15-17H2,1H3,(H,27,32)(H,28,31)(H,29,34). The Morgan fingerprint density at radius 2 is 1.62 bits per heavy atom. The smallest absolute Gasteiger partial charge is 0.325 e. The van der Waals surface area contributed by atoms with E-state index in [2.05, 4.69) is 16.0 Å². The minimum absolute atomic E-state index is 0.223. The summed E-state index contributed by atoms with van der Waals surface area (Å²) in [5, 5.41) is 8.48. The fourth-order valence-electron chi connectivity index (χ4n) is 4.71. The van der Waals surface area contributed by atoms with Gasteiger partial charge in [-0.15, -0.1) is 0 Å². The Bertz CT molecular complexity index is 1080. The fourth-order valence-corrected chi connectivity index (χ4v) is 4.71. The molecule has 178 valence electrons. The molecule has 1 saturated carbocycles. The molecule has 34 heavy (non-hydrogen) atoms. The maximum absolute atomic E-state index is 13.1. The summed E-state index contributed by atoms with van der Waals surface area (Å²) < 4.78 is 0. The van der Waals surface area contributed by atoms with E-state index in [-0.39, 0.29) is 17.9 Å². The van der Waals surface area contributed by atoms with Gasteiger partial charge in [0.15, 0.2) is 0 Å². The molecule has 0 aromatic heterocycles. The van der Waals surface area contributed by atoms with Crippen LogP contribution in [0.4, 0.5) is 10.5 Å². The molecule has 8 nitrogen and oxygen atoms in total. The van der Waals surface area contributed by atoms with E-state index in [0.717, 1.165) is 36.1 Å². The summed E-state index contributed by atoms with van der Waals surface area (Å²) in [5.74, 6) is -1.21. The lowest BCUT2D eigenvalue weighted by molar-refractivity contribution is -0.134. The molecule has 1 aliphatic heterocycles. The molecule has 2 fully saturated rings. The summed E-state index contributed by atoms with van der Waals surface area (Å²) in [6, 6.07) is 15.5. The number of anilines is 1. The second-order valence-corrected chi connectivity index (χ2v) is 9.02. The van der Waals surface area contributed by atoms with E-state index in [0.29, 0.717) is 24.1 Å². The van der Waals surface area contributed by atoms with Crippen LogP contribution in [-0.2, 0) is 9.59 Å². The third-order valence-electron chi connectivity index (χ3n) is 6.60. The second-order valence-electron chi connectivity index (χ2n) is 9.02. The highest BCUT2D eigenvalue weighted by atomic mass is 16.2. The average molecular weight is 463 g/mol. The molecule has 1 spiro atoms. The summed E-state index contributed by atoms with van der Waals surface area (Å²) in [6.07, 6.45) is 5.00. The summed E-state index contributed by atoms with van der Waals surface area (Å²) in [4.78, 5) is 52.3. The van der Waals surface area contributed by atoms with Crippen molar-refractivity contribution in [2.45, 2.75) is 57.0 Å². The van der Waals surface area contributed by atoms with Crippen molar-refractivity contribution in [3.05, 3.63) is 65.7 Å². The maximum Gasteiger partial charge on any atom is 0.325 e. The fraction of sp³-hybridized carbons (Fsp3) is 0.385. The Kier molecular flexibility index (Phi) is 6.95. The molecule has 1 unspecified atom stereocenters. The SMILES string of the molecule is CC(NC(=O)c1ccccc1NC(=O)CN1C(=O)NC2(CCCCCC2)C1=O)c1ccccc1. The van der Waals surface area contributed by atoms with Gasteiger partial charge < -0.3 is 16.0 Å². The highest BCUT2D eigenvalue weighted by molar-refractivity contribution is 6.11. The van der Waals surface area contributed by atoms with Crippen LogP contribution in [0.2, 0.25) is 0 Å². The van der Waals surface area contributed by atoms with Gasteiger partial charge in [-0.2, -0.15) is 0 Å². The van der Waals surface area contributed by atoms with Gasteiger partial charge in [0.1, 0.15) is 12.1 Å². The molecule has 1 heterocycles. The van der Waals surface area contributed by atoms with Gasteiger partial charge in [-0.3, -0.25) is 19.3 Å². The number of rotatable bonds is 6. The third kappa shape index (κ3) is 4.95. The number of carbonyl (C=O) groups excluding carboxylic acids is 4. The van der Waals surface area contributed by atoms with Crippen LogP contribution < -0.4 is 16.0 Å². The number of nitrogens with one attached hydrogen (secondary N) is 3. The number of imide groups is 1. The topological polar surface area (TPSA) is 108 Å². The number of nitrogens with zero attached hydrogens (tertiary/aromatic N) is 1. The Balaban J connectivity index is 1.42. The molecule has 2 aromatic rings. The lowest BCUT2D eigenvalue weighted by atomic mass is 9.90. The van der Waals surface area contributed by atoms with Gasteiger partial charge in [0.25, 0.3) is 11.8 Å². The number of hydrogen-bond acceptors (Lipinski definition) is 4. The Labute approximate surface area is 199 Å². The van der Waals surface area contributed by atoms with Gasteiger partial charge in [-0.05, 0) is 37.5 Å². The molecule has 4 rings (SSSR count). The highest BCUT2D eigenvalue weighted by Gasteiger charge is 2.51. The van der Waals surface area contributed by atoms with Gasteiger partial charge in [-0.25, -0.2) is 4.79 Å². The van der Waals surface area contributed by atoms with Crippen LogP contribution in [0.15, 0.2) is 54.6 Å². The van der Waals surface area contributed by atoms with E-state index in [9.17, 15) is 19.2 Å². The predicted molar refractivity (Wildman–Crippen MR) is 128 cm³/mol. The zero-order valence-corrected chi connectivity index (χ0v) is 19.3. The number of amides is 5. The Morgan fingerprint density at radius 1 is 0.971 bits per heavy atom. The van der Waals surface area contributed by atoms with Crippen molar-refractivity contribution in [3.63, 3.8) is 0 Å². The van der Waals surface area contributed by atoms with E-state index in [4.69, 9.17) is 0 Å². The minimum Gasteiger partial charge on any atom is -0.345 e. The van der Waals surface area contributed by atoms with Gasteiger partial charge in [0.05, 0.1) is 17.3 Å². The first-order chi connectivity index (χ1) is 16.4. The van der Waals surface area contributed by atoms with Crippen molar-refractivity contribution in [2.24, 2.45) is 0 Å². The summed E-state index contributed by atoms with van der Waals surface area (Å²) in [7, 11) is 0. The average Bonchev–Trinajstić information content (AvgIpc) is 2.99. The van der Waals surface area contributed by atoms with E-state index in [1.807, 2.05) is 37.3 Å². The molecule has 2 aromatic carbocycles. The molecule has 0 radical (unpaired) electrons. The molecule has 8 heteroatoms. The van der Waals surface area contributed by atoms with Crippen LogP contribution in [-0.4, -0.2) is 40.7 Å². The minimum atomic E-state index is -0.890. The molecule has 0 bridgehead atoms. The highest BCUT2D eigenvalue weighted by Crippen LogP contribution is 2.32. The molecular formula is C26H30N4O4. The Morgan fingerprint density at radius 3 is 2.32 bits per heavy atom.